The molecule has 1 aliphatic carbocycles. The standard InChI is InChI=1S/C11H15N3O/c12-7-11(3-4-11)8-14-10(15)9-1-5-13-6-2-9/h1-2,5-6H,3-4,7-8,12H2,(H,14,15). The van der Waals surface area contributed by atoms with Gasteiger partial charge in [-0.1, -0.05) is 0 Å². The van der Waals surface area contributed by atoms with E-state index in [2.05, 4.69) is 10.3 Å². The zero-order valence-electron chi connectivity index (χ0n) is 8.57. The summed E-state index contributed by atoms with van der Waals surface area (Å²) in [7, 11) is 0. The summed E-state index contributed by atoms with van der Waals surface area (Å²) in [6.07, 6.45) is 5.48. The van der Waals surface area contributed by atoms with Crippen LogP contribution in [0.3, 0.4) is 0 Å². The van der Waals surface area contributed by atoms with Gasteiger partial charge in [-0.25, -0.2) is 0 Å². The van der Waals surface area contributed by atoms with Gasteiger partial charge in [-0.3, -0.25) is 9.78 Å². The summed E-state index contributed by atoms with van der Waals surface area (Å²) in [6.45, 7) is 1.34. The Morgan fingerprint density at radius 3 is 2.67 bits per heavy atom. The average molecular weight is 205 g/mol. The molecule has 0 bridgehead atoms. The third-order valence-corrected chi connectivity index (χ3v) is 2.96. The molecular weight excluding hydrogens is 190 g/mol. The molecule has 1 amide bonds. The highest BCUT2D eigenvalue weighted by atomic mass is 16.1. The lowest BCUT2D eigenvalue weighted by Crippen LogP contribution is -2.33. The van der Waals surface area contributed by atoms with Crippen molar-refractivity contribution < 1.29 is 4.79 Å². The first kappa shape index (κ1) is 10.1. The zero-order chi connectivity index (χ0) is 10.7. The second-order valence-corrected chi connectivity index (χ2v) is 4.12. The van der Waals surface area contributed by atoms with Crippen LogP contribution in [0.2, 0.25) is 0 Å². The average Bonchev–Trinajstić information content (AvgIpc) is 3.08. The molecule has 1 aromatic heterocycles. The number of nitrogens with one attached hydrogen (secondary N) is 1. The molecule has 80 valence electrons. The number of carbonyl (C=O) groups excluding carboxylic acids is 1. The van der Waals surface area contributed by atoms with Gasteiger partial charge in [0.1, 0.15) is 0 Å². The number of nitrogens with zero attached hydrogens (tertiary/aromatic N) is 1. The molecule has 0 unspecified atom stereocenters. The lowest BCUT2D eigenvalue weighted by molar-refractivity contribution is 0.0945. The third kappa shape index (κ3) is 2.33. The van der Waals surface area contributed by atoms with Gasteiger partial charge in [0.25, 0.3) is 5.91 Å². The van der Waals surface area contributed by atoms with E-state index in [1.54, 1.807) is 24.5 Å². The molecule has 1 aromatic rings. The number of amides is 1. The molecule has 0 saturated heterocycles. The molecule has 1 aliphatic rings. The van der Waals surface area contributed by atoms with E-state index in [4.69, 9.17) is 5.73 Å². The first-order valence-electron chi connectivity index (χ1n) is 5.14. The van der Waals surface area contributed by atoms with Gasteiger partial charge >= 0.3 is 0 Å². The lowest BCUT2D eigenvalue weighted by atomic mass is 10.1. The largest absolute Gasteiger partial charge is 0.351 e. The molecule has 4 nitrogen and oxygen atoms in total. The molecule has 1 saturated carbocycles. The molecule has 4 heteroatoms. The molecule has 0 aromatic carbocycles. The summed E-state index contributed by atoms with van der Waals surface area (Å²) in [5.74, 6) is -0.0443. The molecule has 1 fully saturated rings. The Labute approximate surface area is 88.9 Å². The highest BCUT2D eigenvalue weighted by Crippen LogP contribution is 2.43. The molecule has 0 spiro atoms. The van der Waals surface area contributed by atoms with Gasteiger partial charge in [-0.05, 0) is 31.5 Å². The summed E-state index contributed by atoms with van der Waals surface area (Å²) in [6, 6.07) is 3.41. The Morgan fingerprint density at radius 2 is 2.13 bits per heavy atom. The van der Waals surface area contributed by atoms with Crippen LogP contribution in [0.25, 0.3) is 0 Å². The normalized spacial score (nSPS) is 17.1. The maximum absolute atomic E-state index is 11.7. The van der Waals surface area contributed by atoms with Crippen LogP contribution in [0.4, 0.5) is 0 Å². The van der Waals surface area contributed by atoms with Gasteiger partial charge in [-0.2, -0.15) is 0 Å². The molecule has 0 atom stereocenters. The van der Waals surface area contributed by atoms with Crippen molar-refractivity contribution in [3.05, 3.63) is 30.1 Å². The Hall–Kier alpha value is -1.42. The predicted octanol–water partition coefficient (Wildman–Crippen LogP) is 0.550. The zero-order valence-corrected chi connectivity index (χ0v) is 8.57. The van der Waals surface area contributed by atoms with Crippen molar-refractivity contribution in [1.29, 1.82) is 0 Å². The van der Waals surface area contributed by atoms with Crippen LogP contribution in [-0.4, -0.2) is 24.0 Å². The van der Waals surface area contributed by atoms with E-state index in [9.17, 15) is 4.79 Å². The summed E-state index contributed by atoms with van der Waals surface area (Å²) >= 11 is 0. The van der Waals surface area contributed by atoms with Gasteiger partial charge in [0, 0.05) is 29.9 Å². The number of carbonyl (C=O) groups is 1. The van der Waals surface area contributed by atoms with Crippen molar-refractivity contribution in [2.75, 3.05) is 13.1 Å². The van der Waals surface area contributed by atoms with Crippen molar-refractivity contribution in [1.82, 2.24) is 10.3 Å². The van der Waals surface area contributed by atoms with E-state index in [0.717, 1.165) is 12.8 Å². The molecular formula is C11H15N3O. The third-order valence-electron chi connectivity index (χ3n) is 2.96. The second kappa shape index (κ2) is 3.98. The lowest BCUT2D eigenvalue weighted by Gasteiger charge is -2.12. The minimum atomic E-state index is -0.0443. The van der Waals surface area contributed by atoms with Gasteiger partial charge < -0.3 is 11.1 Å². The number of hydrogen-bond donors (Lipinski definition) is 2. The van der Waals surface area contributed by atoms with E-state index in [-0.39, 0.29) is 11.3 Å². The predicted molar refractivity (Wildman–Crippen MR) is 57.3 cm³/mol. The number of nitrogens with two attached hydrogens (primary N) is 1. The highest BCUT2D eigenvalue weighted by molar-refractivity contribution is 5.93. The van der Waals surface area contributed by atoms with Crippen LogP contribution in [0.15, 0.2) is 24.5 Å². The molecule has 0 radical (unpaired) electrons. The van der Waals surface area contributed by atoms with E-state index in [0.29, 0.717) is 18.7 Å². The van der Waals surface area contributed by atoms with Crippen LogP contribution in [-0.2, 0) is 0 Å². The van der Waals surface area contributed by atoms with Crippen LogP contribution in [0.1, 0.15) is 23.2 Å². The number of hydrogen-bond acceptors (Lipinski definition) is 3. The van der Waals surface area contributed by atoms with Gasteiger partial charge in [0.05, 0.1) is 0 Å². The Bertz CT molecular complexity index is 346. The fourth-order valence-electron chi connectivity index (χ4n) is 1.50. The van der Waals surface area contributed by atoms with Crippen molar-refractivity contribution >= 4 is 5.91 Å². The Balaban J connectivity index is 1.88. The fraction of sp³-hybridized carbons (Fsp3) is 0.455. The quantitative estimate of drug-likeness (QED) is 0.754. The number of aromatic nitrogens is 1. The van der Waals surface area contributed by atoms with Crippen LogP contribution in [0.5, 0.6) is 0 Å². The minimum absolute atomic E-state index is 0.0443. The number of pyridine rings is 1. The fourth-order valence-corrected chi connectivity index (χ4v) is 1.50. The highest BCUT2D eigenvalue weighted by Gasteiger charge is 2.41. The van der Waals surface area contributed by atoms with E-state index >= 15 is 0 Å². The van der Waals surface area contributed by atoms with E-state index in [1.807, 2.05) is 0 Å². The summed E-state index contributed by atoms with van der Waals surface area (Å²) < 4.78 is 0. The van der Waals surface area contributed by atoms with E-state index < -0.39 is 0 Å². The monoisotopic (exact) mass is 205 g/mol. The molecule has 1 heterocycles. The maximum Gasteiger partial charge on any atom is 0.251 e. The van der Waals surface area contributed by atoms with Crippen molar-refractivity contribution in [3.63, 3.8) is 0 Å². The molecule has 0 aliphatic heterocycles. The molecule has 15 heavy (non-hydrogen) atoms. The van der Waals surface area contributed by atoms with Crippen LogP contribution >= 0.6 is 0 Å². The first-order chi connectivity index (χ1) is 7.26. The van der Waals surface area contributed by atoms with Crippen molar-refractivity contribution in [3.8, 4) is 0 Å². The van der Waals surface area contributed by atoms with Gasteiger partial charge in [-0.15, -0.1) is 0 Å². The van der Waals surface area contributed by atoms with E-state index in [1.165, 1.54) is 0 Å². The Kier molecular flexibility index (Phi) is 2.68. The second-order valence-electron chi connectivity index (χ2n) is 4.12. The summed E-state index contributed by atoms with van der Waals surface area (Å²) in [4.78, 5) is 15.5. The minimum Gasteiger partial charge on any atom is -0.351 e. The van der Waals surface area contributed by atoms with Crippen molar-refractivity contribution in [2.24, 2.45) is 11.1 Å². The SMILES string of the molecule is NCC1(CNC(=O)c2ccncc2)CC1. The van der Waals surface area contributed by atoms with Crippen LogP contribution < -0.4 is 11.1 Å². The topological polar surface area (TPSA) is 68.0 Å². The van der Waals surface area contributed by atoms with Gasteiger partial charge in [0.15, 0.2) is 0 Å². The maximum atomic E-state index is 11.7. The molecule has 3 N–H and O–H groups in total. The smallest absolute Gasteiger partial charge is 0.251 e. The Morgan fingerprint density at radius 1 is 1.47 bits per heavy atom. The number of rotatable bonds is 4. The summed E-state index contributed by atoms with van der Waals surface area (Å²) in [5, 5.41) is 2.91. The van der Waals surface area contributed by atoms with Crippen molar-refractivity contribution in [2.45, 2.75) is 12.8 Å². The van der Waals surface area contributed by atoms with Crippen LogP contribution in [0, 0.1) is 5.41 Å². The molecule has 2 rings (SSSR count). The van der Waals surface area contributed by atoms with Gasteiger partial charge in [0.2, 0.25) is 0 Å². The summed E-state index contributed by atoms with van der Waals surface area (Å²) in [5.41, 5.74) is 6.47. The first-order valence-corrected chi connectivity index (χ1v) is 5.14.